The van der Waals surface area contributed by atoms with Gasteiger partial charge in [-0.05, 0) is 31.0 Å². The average Bonchev–Trinajstić information content (AvgIpc) is 2.97. The maximum atomic E-state index is 12.2. The van der Waals surface area contributed by atoms with Crippen LogP contribution in [0.5, 0.6) is 0 Å². The minimum absolute atomic E-state index is 0.151. The van der Waals surface area contributed by atoms with Gasteiger partial charge in [0.15, 0.2) is 0 Å². The van der Waals surface area contributed by atoms with E-state index in [1.807, 2.05) is 32.0 Å². The Morgan fingerprint density at radius 3 is 2.83 bits per heavy atom. The van der Waals surface area contributed by atoms with Crippen molar-refractivity contribution in [2.24, 2.45) is 11.7 Å². The summed E-state index contributed by atoms with van der Waals surface area (Å²) in [5, 5.41) is 7.72. The molecule has 0 aliphatic carbocycles. The van der Waals surface area contributed by atoms with Crippen molar-refractivity contribution in [3.8, 4) is 5.69 Å². The molecule has 3 N–H and O–H groups in total. The van der Waals surface area contributed by atoms with Gasteiger partial charge in [-0.15, -0.1) is 5.10 Å². The predicted molar refractivity (Wildman–Crippen MR) is 90.9 cm³/mol. The van der Waals surface area contributed by atoms with Crippen LogP contribution in [0, 0.1) is 5.92 Å². The Morgan fingerprint density at radius 2 is 2.17 bits per heavy atom. The smallest absolute Gasteiger partial charge is 0.290 e. The van der Waals surface area contributed by atoms with E-state index >= 15 is 0 Å². The van der Waals surface area contributed by atoms with Gasteiger partial charge in [-0.2, -0.15) is 0 Å². The first-order valence-corrected chi connectivity index (χ1v) is 8.13. The summed E-state index contributed by atoms with van der Waals surface area (Å²) in [4.78, 5) is 16.6. The lowest BCUT2D eigenvalue weighted by Crippen LogP contribution is -2.32. The van der Waals surface area contributed by atoms with Crippen LogP contribution >= 0.6 is 11.6 Å². The molecule has 0 aliphatic rings. The monoisotopic (exact) mass is 335 g/mol. The highest BCUT2D eigenvalue weighted by molar-refractivity contribution is 6.32. The minimum atomic E-state index is -0.298. The zero-order valence-electron chi connectivity index (χ0n) is 13.4. The molecule has 1 atom stereocenters. The Bertz CT molecular complexity index is 670. The molecule has 7 heteroatoms. The highest BCUT2D eigenvalue weighted by atomic mass is 35.5. The number of halogens is 1. The summed E-state index contributed by atoms with van der Waals surface area (Å²) < 4.78 is 1.65. The summed E-state index contributed by atoms with van der Waals surface area (Å²) in [6.07, 6.45) is 1.61. The largest absolute Gasteiger partial charge is 0.349 e. The Kier molecular flexibility index (Phi) is 6.12. The molecule has 2 aromatic rings. The van der Waals surface area contributed by atoms with Gasteiger partial charge in [0, 0.05) is 13.0 Å². The molecule has 0 saturated heterocycles. The maximum absolute atomic E-state index is 12.2. The molecule has 23 heavy (non-hydrogen) atoms. The quantitative estimate of drug-likeness (QED) is 0.812. The molecule has 6 nitrogen and oxygen atoms in total. The van der Waals surface area contributed by atoms with Crippen LogP contribution in [0.25, 0.3) is 5.69 Å². The number of aromatic nitrogens is 3. The van der Waals surface area contributed by atoms with Crippen molar-refractivity contribution in [3.05, 3.63) is 40.9 Å². The van der Waals surface area contributed by atoms with Crippen LogP contribution in [-0.2, 0) is 6.42 Å². The molecule has 1 aromatic heterocycles. The summed E-state index contributed by atoms with van der Waals surface area (Å²) in [5.41, 5.74) is 6.28. The van der Waals surface area contributed by atoms with E-state index in [2.05, 4.69) is 15.4 Å². The van der Waals surface area contributed by atoms with Crippen molar-refractivity contribution >= 4 is 17.5 Å². The zero-order chi connectivity index (χ0) is 16.8. The third kappa shape index (κ3) is 4.30. The van der Waals surface area contributed by atoms with E-state index < -0.39 is 0 Å². The fraction of sp³-hybridized carbons (Fsp3) is 0.438. The van der Waals surface area contributed by atoms with Gasteiger partial charge in [0.05, 0.1) is 10.7 Å². The third-order valence-corrected chi connectivity index (χ3v) is 3.76. The molecule has 0 saturated carbocycles. The minimum Gasteiger partial charge on any atom is -0.349 e. The summed E-state index contributed by atoms with van der Waals surface area (Å²) in [6.45, 7) is 5.04. The number of nitrogens with one attached hydrogen (secondary N) is 1. The Labute approximate surface area is 141 Å². The normalized spacial score (nSPS) is 12.2. The number of carbonyl (C=O) groups is 1. The van der Waals surface area contributed by atoms with Gasteiger partial charge < -0.3 is 11.1 Å². The van der Waals surface area contributed by atoms with Gasteiger partial charge in [0.25, 0.3) is 5.91 Å². The first-order chi connectivity index (χ1) is 11.1. The topological polar surface area (TPSA) is 85.8 Å². The first kappa shape index (κ1) is 17.4. The molecule has 2 rings (SSSR count). The number of nitrogens with zero attached hydrogens (tertiary/aromatic N) is 3. The molecule has 1 unspecified atom stereocenters. The molecule has 0 aliphatic heterocycles. The van der Waals surface area contributed by atoms with Crippen molar-refractivity contribution in [1.29, 1.82) is 0 Å². The molecular formula is C16H22ClN5O. The van der Waals surface area contributed by atoms with Gasteiger partial charge in [0.2, 0.25) is 5.82 Å². The maximum Gasteiger partial charge on any atom is 0.290 e. The standard InChI is InChI=1S/C16H22ClN5O/c1-3-6-14-20-15(16(23)19-10-11(2)9-18)21-22(14)13-8-5-4-7-12(13)17/h4-5,7-8,11H,3,6,9-10,18H2,1-2H3,(H,19,23). The molecular weight excluding hydrogens is 314 g/mol. The highest BCUT2D eigenvalue weighted by Crippen LogP contribution is 2.21. The number of para-hydroxylation sites is 1. The molecule has 0 radical (unpaired) electrons. The number of benzene rings is 1. The van der Waals surface area contributed by atoms with Crippen molar-refractivity contribution in [2.75, 3.05) is 13.1 Å². The predicted octanol–water partition coefficient (Wildman–Crippen LogP) is 2.20. The van der Waals surface area contributed by atoms with Gasteiger partial charge in [-0.1, -0.05) is 37.6 Å². The van der Waals surface area contributed by atoms with Crippen molar-refractivity contribution in [2.45, 2.75) is 26.7 Å². The first-order valence-electron chi connectivity index (χ1n) is 7.75. The van der Waals surface area contributed by atoms with E-state index in [-0.39, 0.29) is 17.6 Å². The summed E-state index contributed by atoms with van der Waals surface area (Å²) in [5.74, 6) is 0.781. The third-order valence-electron chi connectivity index (χ3n) is 3.44. The number of hydrogen-bond acceptors (Lipinski definition) is 4. The van der Waals surface area contributed by atoms with Crippen LogP contribution in [0.2, 0.25) is 5.02 Å². The van der Waals surface area contributed by atoms with Crippen LogP contribution in [0.15, 0.2) is 24.3 Å². The van der Waals surface area contributed by atoms with Crippen LogP contribution in [-0.4, -0.2) is 33.8 Å². The van der Waals surface area contributed by atoms with Crippen LogP contribution in [0.3, 0.4) is 0 Å². The van der Waals surface area contributed by atoms with Gasteiger partial charge in [-0.25, -0.2) is 9.67 Å². The molecule has 1 amide bonds. The SMILES string of the molecule is CCCc1nc(C(=O)NCC(C)CN)nn1-c1ccccc1Cl. The Balaban J connectivity index is 2.28. The lowest BCUT2D eigenvalue weighted by atomic mass is 10.2. The summed E-state index contributed by atoms with van der Waals surface area (Å²) in [6, 6.07) is 7.37. The molecule has 0 fully saturated rings. The van der Waals surface area contributed by atoms with Crippen LogP contribution < -0.4 is 11.1 Å². The van der Waals surface area contributed by atoms with Crippen molar-refractivity contribution < 1.29 is 4.79 Å². The van der Waals surface area contributed by atoms with E-state index in [1.54, 1.807) is 10.7 Å². The lowest BCUT2D eigenvalue weighted by molar-refractivity contribution is 0.0938. The molecule has 1 heterocycles. The number of nitrogens with two attached hydrogens (primary N) is 1. The van der Waals surface area contributed by atoms with E-state index in [0.717, 1.165) is 17.9 Å². The Hall–Kier alpha value is -1.92. The van der Waals surface area contributed by atoms with Crippen molar-refractivity contribution in [3.63, 3.8) is 0 Å². The lowest BCUT2D eigenvalue weighted by Gasteiger charge is -2.08. The van der Waals surface area contributed by atoms with Gasteiger partial charge in [-0.3, -0.25) is 4.79 Å². The van der Waals surface area contributed by atoms with E-state index in [4.69, 9.17) is 17.3 Å². The number of amides is 1. The fourth-order valence-corrected chi connectivity index (χ4v) is 2.29. The van der Waals surface area contributed by atoms with E-state index in [0.29, 0.717) is 24.5 Å². The van der Waals surface area contributed by atoms with Crippen molar-refractivity contribution in [1.82, 2.24) is 20.1 Å². The van der Waals surface area contributed by atoms with Crippen LogP contribution in [0.1, 0.15) is 36.7 Å². The molecule has 0 bridgehead atoms. The second kappa shape index (κ2) is 8.08. The summed E-state index contributed by atoms with van der Waals surface area (Å²) in [7, 11) is 0. The molecule has 1 aromatic carbocycles. The highest BCUT2D eigenvalue weighted by Gasteiger charge is 2.18. The van der Waals surface area contributed by atoms with Crippen LogP contribution in [0.4, 0.5) is 0 Å². The fourth-order valence-electron chi connectivity index (χ4n) is 2.07. The second-order valence-corrected chi connectivity index (χ2v) is 5.92. The number of rotatable bonds is 7. The summed E-state index contributed by atoms with van der Waals surface area (Å²) >= 11 is 6.24. The number of carbonyl (C=O) groups excluding carboxylic acids is 1. The second-order valence-electron chi connectivity index (χ2n) is 5.52. The zero-order valence-corrected chi connectivity index (χ0v) is 14.2. The average molecular weight is 336 g/mol. The number of aryl methyl sites for hydroxylation is 1. The van der Waals surface area contributed by atoms with E-state index in [9.17, 15) is 4.79 Å². The Morgan fingerprint density at radius 1 is 1.43 bits per heavy atom. The number of hydrogen-bond donors (Lipinski definition) is 2. The van der Waals surface area contributed by atoms with Gasteiger partial charge in [0.1, 0.15) is 5.82 Å². The van der Waals surface area contributed by atoms with E-state index in [1.165, 1.54) is 0 Å². The molecule has 0 spiro atoms. The van der Waals surface area contributed by atoms with Gasteiger partial charge >= 0.3 is 0 Å². The molecule has 124 valence electrons.